The maximum absolute atomic E-state index is 10.2. The maximum atomic E-state index is 10.2. The van der Waals surface area contributed by atoms with Crippen molar-refractivity contribution in [3.05, 3.63) is 35.9 Å². The van der Waals surface area contributed by atoms with Gasteiger partial charge in [-0.05, 0) is 12.0 Å². The molecule has 0 radical (unpaired) electrons. The molecular weight excluding hydrogens is 400 g/mol. The molecule has 2 aliphatic heterocycles. The Labute approximate surface area is 174 Å². The maximum Gasteiger partial charge on any atom is 0.186 e. The first-order valence-electron chi connectivity index (χ1n) is 9.97. The van der Waals surface area contributed by atoms with Gasteiger partial charge in [-0.2, -0.15) is 0 Å². The Balaban J connectivity index is 1.46. The highest BCUT2D eigenvalue weighted by molar-refractivity contribution is 5.14. The summed E-state index contributed by atoms with van der Waals surface area (Å²) in [5.41, 5.74) is 1.04. The van der Waals surface area contributed by atoms with E-state index in [1.807, 2.05) is 30.3 Å². The molecule has 3 rings (SSSR count). The van der Waals surface area contributed by atoms with Crippen LogP contribution in [0.25, 0.3) is 0 Å². The normalized spacial score (nSPS) is 39.7. The SMILES string of the molecule is OC1COC(COCC2OC(OCCc3ccccc3)C(O)C(O)C2O)C(O)C1O. The lowest BCUT2D eigenvalue weighted by molar-refractivity contribution is -0.304. The summed E-state index contributed by atoms with van der Waals surface area (Å²) in [7, 11) is 0. The zero-order valence-corrected chi connectivity index (χ0v) is 16.4. The summed E-state index contributed by atoms with van der Waals surface area (Å²) in [6.07, 6.45) is -10.6. The second-order valence-electron chi connectivity index (χ2n) is 7.58. The molecule has 0 amide bonds. The molecule has 0 bridgehead atoms. The first-order valence-corrected chi connectivity index (χ1v) is 9.97. The molecule has 2 aliphatic rings. The van der Waals surface area contributed by atoms with E-state index < -0.39 is 55.1 Å². The highest BCUT2D eigenvalue weighted by Gasteiger charge is 2.44. The topological polar surface area (TPSA) is 158 Å². The third-order valence-corrected chi connectivity index (χ3v) is 5.35. The van der Waals surface area contributed by atoms with E-state index in [-0.39, 0.29) is 26.4 Å². The minimum Gasteiger partial charge on any atom is -0.388 e. The summed E-state index contributed by atoms with van der Waals surface area (Å²) in [6, 6.07) is 9.59. The van der Waals surface area contributed by atoms with E-state index in [1.165, 1.54) is 0 Å². The Morgan fingerprint density at radius 1 is 0.800 bits per heavy atom. The quantitative estimate of drug-likeness (QED) is 0.261. The van der Waals surface area contributed by atoms with Crippen LogP contribution in [-0.4, -0.2) is 112 Å². The lowest BCUT2D eigenvalue weighted by Crippen LogP contribution is -2.59. The van der Waals surface area contributed by atoms with E-state index in [0.29, 0.717) is 6.42 Å². The number of aliphatic hydroxyl groups is 6. The Hall–Kier alpha value is -1.18. The van der Waals surface area contributed by atoms with Crippen molar-refractivity contribution in [2.24, 2.45) is 0 Å². The minimum atomic E-state index is -1.48. The van der Waals surface area contributed by atoms with Gasteiger partial charge in [0.1, 0.15) is 48.8 Å². The zero-order valence-electron chi connectivity index (χ0n) is 16.4. The highest BCUT2D eigenvalue weighted by Crippen LogP contribution is 2.23. The average Bonchev–Trinajstić information content (AvgIpc) is 2.75. The predicted octanol–water partition coefficient (Wildman–Crippen LogP) is -2.45. The molecular formula is C20H30O10. The van der Waals surface area contributed by atoms with Crippen LogP contribution >= 0.6 is 0 Å². The average molecular weight is 430 g/mol. The molecule has 0 aromatic heterocycles. The molecule has 2 fully saturated rings. The van der Waals surface area contributed by atoms with Crippen LogP contribution < -0.4 is 0 Å². The van der Waals surface area contributed by atoms with Crippen molar-refractivity contribution in [2.75, 3.05) is 26.4 Å². The summed E-state index contributed by atoms with van der Waals surface area (Å²) in [6.45, 7) is -0.202. The van der Waals surface area contributed by atoms with Crippen molar-refractivity contribution in [2.45, 2.75) is 61.5 Å². The van der Waals surface area contributed by atoms with Gasteiger partial charge in [-0.15, -0.1) is 0 Å². The van der Waals surface area contributed by atoms with Gasteiger partial charge >= 0.3 is 0 Å². The third kappa shape index (κ3) is 5.74. The van der Waals surface area contributed by atoms with E-state index in [1.54, 1.807) is 0 Å². The van der Waals surface area contributed by atoms with Gasteiger partial charge in [0.25, 0.3) is 0 Å². The number of hydrogen-bond donors (Lipinski definition) is 6. The minimum absolute atomic E-state index is 0.129. The Morgan fingerprint density at radius 2 is 1.47 bits per heavy atom. The molecule has 170 valence electrons. The standard InChI is InChI=1S/C20H30O10/c21-12-8-29-13(16(23)15(12)22)9-27-10-14-17(24)18(25)19(26)20(30-14)28-7-6-11-4-2-1-3-5-11/h1-5,12-26H,6-10H2. The molecule has 1 aromatic carbocycles. The predicted molar refractivity (Wildman–Crippen MR) is 101 cm³/mol. The summed E-state index contributed by atoms with van der Waals surface area (Å²) < 4.78 is 21.8. The van der Waals surface area contributed by atoms with Gasteiger partial charge in [0.15, 0.2) is 6.29 Å². The fraction of sp³-hybridized carbons (Fsp3) is 0.700. The van der Waals surface area contributed by atoms with Crippen molar-refractivity contribution >= 4 is 0 Å². The molecule has 0 spiro atoms. The zero-order chi connectivity index (χ0) is 21.7. The first kappa shape index (κ1) is 23.5. The lowest BCUT2D eigenvalue weighted by atomic mass is 9.99. The van der Waals surface area contributed by atoms with Gasteiger partial charge in [0.05, 0.1) is 26.4 Å². The molecule has 10 nitrogen and oxygen atoms in total. The van der Waals surface area contributed by atoms with Crippen molar-refractivity contribution < 1.29 is 49.6 Å². The van der Waals surface area contributed by atoms with Crippen LogP contribution in [0.1, 0.15) is 5.56 Å². The fourth-order valence-electron chi connectivity index (χ4n) is 3.44. The smallest absolute Gasteiger partial charge is 0.186 e. The number of aliphatic hydroxyl groups excluding tert-OH is 6. The number of benzene rings is 1. The van der Waals surface area contributed by atoms with Crippen LogP contribution in [-0.2, 0) is 25.4 Å². The molecule has 9 unspecified atom stereocenters. The van der Waals surface area contributed by atoms with Crippen molar-refractivity contribution in [1.29, 1.82) is 0 Å². The van der Waals surface area contributed by atoms with Crippen LogP contribution in [0.15, 0.2) is 30.3 Å². The van der Waals surface area contributed by atoms with Crippen LogP contribution in [0.3, 0.4) is 0 Å². The van der Waals surface area contributed by atoms with Crippen LogP contribution in [0.4, 0.5) is 0 Å². The third-order valence-electron chi connectivity index (χ3n) is 5.35. The van der Waals surface area contributed by atoms with E-state index in [9.17, 15) is 30.6 Å². The van der Waals surface area contributed by atoms with Crippen molar-refractivity contribution in [3.8, 4) is 0 Å². The molecule has 30 heavy (non-hydrogen) atoms. The van der Waals surface area contributed by atoms with Crippen molar-refractivity contribution in [1.82, 2.24) is 0 Å². The second-order valence-corrected chi connectivity index (χ2v) is 7.58. The molecule has 2 heterocycles. The van der Waals surface area contributed by atoms with Crippen molar-refractivity contribution in [3.63, 3.8) is 0 Å². The molecule has 1 aromatic rings. The van der Waals surface area contributed by atoms with Gasteiger partial charge in [0, 0.05) is 0 Å². The Morgan fingerprint density at radius 3 is 2.20 bits per heavy atom. The summed E-state index contributed by atoms with van der Waals surface area (Å²) in [4.78, 5) is 0. The second kappa shape index (κ2) is 10.9. The Bertz CT molecular complexity index is 631. The van der Waals surface area contributed by atoms with Crippen LogP contribution in [0.5, 0.6) is 0 Å². The van der Waals surface area contributed by atoms with Gasteiger partial charge in [-0.1, -0.05) is 30.3 Å². The Kier molecular flexibility index (Phi) is 8.54. The number of ether oxygens (including phenoxy) is 4. The van der Waals surface area contributed by atoms with E-state index in [2.05, 4.69) is 0 Å². The van der Waals surface area contributed by atoms with E-state index in [0.717, 1.165) is 5.56 Å². The van der Waals surface area contributed by atoms with Crippen LogP contribution in [0.2, 0.25) is 0 Å². The molecule has 2 saturated heterocycles. The molecule has 0 saturated carbocycles. The monoisotopic (exact) mass is 430 g/mol. The molecule has 0 aliphatic carbocycles. The fourth-order valence-corrected chi connectivity index (χ4v) is 3.44. The van der Waals surface area contributed by atoms with Gasteiger partial charge in [-0.3, -0.25) is 0 Å². The summed E-state index contributed by atoms with van der Waals surface area (Å²) >= 11 is 0. The van der Waals surface area contributed by atoms with E-state index in [4.69, 9.17) is 18.9 Å². The molecule has 9 atom stereocenters. The largest absolute Gasteiger partial charge is 0.388 e. The van der Waals surface area contributed by atoms with Gasteiger partial charge < -0.3 is 49.6 Å². The molecule has 10 heteroatoms. The number of hydrogen-bond acceptors (Lipinski definition) is 10. The summed E-state index contributed by atoms with van der Waals surface area (Å²) in [5.74, 6) is 0. The van der Waals surface area contributed by atoms with Gasteiger partial charge in [-0.25, -0.2) is 0 Å². The van der Waals surface area contributed by atoms with Crippen LogP contribution in [0, 0.1) is 0 Å². The van der Waals surface area contributed by atoms with E-state index >= 15 is 0 Å². The lowest BCUT2D eigenvalue weighted by Gasteiger charge is -2.40. The molecule has 6 N–H and O–H groups in total. The first-order chi connectivity index (χ1) is 14.4. The number of rotatable bonds is 8. The summed E-state index contributed by atoms with van der Waals surface area (Å²) in [5, 5.41) is 59.5. The highest BCUT2D eigenvalue weighted by atomic mass is 16.7. The van der Waals surface area contributed by atoms with Gasteiger partial charge in [0.2, 0.25) is 0 Å².